The van der Waals surface area contributed by atoms with Gasteiger partial charge in [-0.05, 0) is 61.7 Å². The zero-order valence-electron chi connectivity index (χ0n) is 12.7. The summed E-state index contributed by atoms with van der Waals surface area (Å²) in [6.07, 6.45) is 1.06. The van der Waals surface area contributed by atoms with Crippen LogP contribution < -0.4 is 5.32 Å². The molecule has 0 heterocycles. The highest BCUT2D eigenvalue weighted by molar-refractivity contribution is 9.10. The molecule has 0 fully saturated rings. The summed E-state index contributed by atoms with van der Waals surface area (Å²) in [7, 11) is 0. The maximum absolute atomic E-state index is 13.4. The monoisotopic (exact) mass is 349 g/mol. The summed E-state index contributed by atoms with van der Waals surface area (Å²) >= 11 is 3.65. The van der Waals surface area contributed by atoms with Crippen molar-refractivity contribution >= 4 is 15.9 Å². The maximum Gasteiger partial charge on any atom is 0.123 e. The van der Waals surface area contributed by atoms with E-state index in [1.807, 2.05) is 13.0 Å². The Morgan fingerprint density at radius 1 is 1.10 bits per heavy atom. The molecule has 0 aliphatic carbocycles. The second-order valence-electron chi connectivity index (χ2n) is 5.41. The van der Waals surface area contributed by atoms with Crippen molar-refractivity contribution in [3.63, 3.8) is 0 Å². The fraction of sp³-hybridized carbons (Fsp3) is 0.333. The molecule has 0 bridgehead atoms. The van der Waals surface area contributed by atoms with Crippen LogP contribution in [0.4, 0.5) is 4.39 Å². The molecule has 1 nitrogen and oxygen atoms in total. The summed E-state index contributed by atoms with van der Waals surface area (Å²) in [6.45, 7) is 7.11. The third-order valence-electron chi connectivity index (χ3n) is 3.60. The lowest BCUT2D eigenvalue weighted by Gasteiger charge is -2.23. The molecule has 0 spiro atoms. The second kappa shape index (κ2) is 7.19. The molecule has 112 valence electrons. The molecule has 2 aromatic rings. The van der Waals surface area contributed by atoms with Gasteiger partial charge in [-0.1, -0.05) is 46.6 Å². The number of benzene rings is 2. The average molecular weight is 350 g/mol. The van der Waals surface area contributed by atoms with Crippen LogP contribution in [0, 0.1) is 19.7 Å². The molecule has 1 N–H and O–H groups in total. The van der Waals surface area contributed by atoms with E-state index >= 15 is 0 Å². The smallest absolute Gasteiger partial charge is 0.123 e. The molecule has 0 aliphatic heterocycles. The van der Waals surface area contributed by atoms with Crippen molar-refractivity contribution in [2.75, 3.05) is 6.54 Å². The minimum absolute atomic E-state index is 0.0693. The van der Waals surface area contributed by atoms with Gasteiger partial charge in [-0.2, -0.15) is 0 Å². The number of halogens is 2. The van der Waals surface area contributed by atoms with E-state index in [0.717, 1.165) is 28.6 Å². The molecule has 0 aromatic heterocycles. The molecule has 1 atom stereocenters. The third kappa shape index (κ3) is 3.92. The van der Waals surface area contributed by atoms with E-state index in [-0.39, 0.29) is 11.9 Å². The summed E-state index contributed by atoms with van der Waals surface area (Å²) in [5.41, 5.74) is 4.50. The standard InChI is InChI=1S/C18H21BrFN/c1-4-9-21-18(15-7-6-14(20)11-13(15)3)16-10-12(2)5-8-17(16)19/h5-8,10-11,18,21H,4,9H2,1-3H3. The Bertz CT molecular complexity index is 625. The van der Waals surface area contributed by atoms with Crippen LogP contribution in [-0.4, -0.2) is 6.54 Å². The number of nitrogens with one attached hydrogen (secondary N) is 1. The molecule has 1 unspecified atom stereocenters. The Morgan fingerprint density at radius 2 is 1.86 bits per heavy atom. The van der Waals surface area contributed by atoms with Gasteiger partial charge in [0, 0.05) is 4.47 Å². The molecule has 0 saturated carbocycles. The van der Waals surface area contributed by atoms with Crippen molar-refractivity contribution in [1.82, 2.24) is 5.32 Å². The molecule has 21 heavy (non-hydrogen) atoms. The van der Waals surface area contributed by atoms with Crippen molar-refractivity contribution in [3.05, 3.63) is 68.9 Å². The zero-order valence-corrected chi connectivity index (χ0v) is 14.3. The first-order valence-electron chi connectivity index (χ1n) is 7.28. The second-order valence-corrected chi connectivity index (χ2v) is 6.27. The van der Waals surface area contributed by atoms with Crippen LogP contribution >= 0.6 is 15.9 Å². The van der Waals surface area contributed by atoms with Gasteiger partial charge in [-0.15, -0.1) is 0 Å². The summed E-state index contributed by atoms with van der Waals surface area (Å²) in [5, 5.41) is 3.58. The first-order valence-corrected chi connectivity index (χ1v) is 8.07. The highest BCUT2D eigenvalue weighted by atomic mass is 79.9. The van der Waals surface area contributed by atoms with Gasteiger partial charge in [0.15, 0.2) is 0 Å². The van der Waals surface area contributed by atoms with Gasteiger partial charge in [0.2, 0.25) is 0 Å². The molecule has 0 radical (unpaired) electrons. The molecular weight excluding hydrogens is 329 g/mol. The van der Waals surface area contributed by atoms with Gasteiger partial charge >= 0.3 is 0 Å². The normalized spacial score (nSPS) is 12.4. The molecular formula is C18H21BrFN. The number of rotatable bonds is 5. The van der Waals surface area contributed by atoms with Crippen molar-refractivity contribution in [2.24, 2.45) is 0 Å². The van der Waals surface area contributed by atoms with Gasteiger partial charge in [0.1, 0.15) is 5.82 Å². The van der Waals surface area contributed by atoms with E-state index < -0.39 is 0 Å². The third-order valence-corrected chi connectivity index (χ3v) is 4.33. The Kier molecular flexibility index (Phi) is 5.54. The van der Waals surface area contributed by atoms with Crippen LogP contribution in [0.25, 0.3) is 0 Å². The van der Waals surface area contributed by atoms with E-state index in [2.05, 4.69) is 53.3 Å². The zero-order chi connectivity index (χ0) is 15.4. The van der Waals surface area contributed by atoms with E-state index in [4.69, 9.17) is 0 Å². The first-order chi connectivity index (χ1) is 10.0. The first kappa shape index (κ1) is 16.2. The van der Waals surface area contributed by atoms with Crippen LogP contribution in [0.2, 0.25) is 0 Å². The molecule has 2 rings (SSSR count). The Balaban J connectivity index is 2.49. The molecule has 0 amide bonds. The highest BCUT2D eigenvalue weighted by Crippen LogP contribution is 2.31. The highest BCUT2D eigenvalue weighted by Gasteiger charge is 2.18. The molecule has 3 heteroatoms. The predicted molar refractivity (Wildman–Crippen MR) is 90.2 cm³/mol. The van der Waals surface area contributed by atoms with Gasteiger partial charge in [-0.25, -0.2) is 4.39 Å². The van der Waals surface area contributed by atoms with Gasteiger partial charge in [-0.3, -0.25) is 0 Å². The van der Waals surface area contributed by atoms with Gasteiger partial charge in [0.25, 0.3) is 0 Å². The minimum atomic E-state index is -0.186. The number of hydrogen-bond acceptors (Lipinski definition) is 1. The maximum atomic E-state index is 13.4. The number of aryl methyl sites for hydroxylation is 2. The van der Waals surface area contributed by atoms with Crippen LogP contribution in [0.15, 0.2) is 40.9 Å². The van der Waals surface area contributed by atoms with Crippen LogP contribution in [0.1, 0.15) is 41.6 Å². The summed E-state index contributed by atoms with van der Waals surface area (Å²) in [4.78, 5) is 0. The average Bonchev–Trinajstić information content (AvgIpc) is 2.44. The predicted octanol–water partition coefficient (Wildman–Crippen LogP) is 5.29. The summed E-state index contributed by atoms with van der Waals surface area (Å²) in [5.74, 6) is -0.186. The Morgan fingerprint density at radius 3 is 2.52 bits per heavy atom. The quantitative estimate of drug-likeness (QED) is 0.772. The van der Waals surface area contributed by atoms with Gasteiger partial charge < -0.3 is 5.32 Å². The van der Waals surface area contributed by atoms with Crippen LogP contribution in [-0.2, 0) is 0 Å². The summed E-state index contributed by atoms with van der Waals surface area (Å²) in [6, 6.07) is 11.4. The van der Waals surface area contributed by atoms with E-state index in [0.29, 0.717) is 0 Å². The van der Waals surface area contributed by atoms with Crippen molar-refractivity contribution in [3.8, 4) is 0 Å². The van der Waals surface area contributed by atoms with E-state index in [1.165, 1.54) is 17.2 Å². The van der Waals surface area contributed by atoms with E-state index in [1.54, 1.807) is 6.07 Å². The Labute approximate surface area is 134 Å². The fourth-order valence-electron chi connectivity index (χ4n) is 2.52. The van der Waals surface area contributed by atoms with Crippen molar-refractivity contribution in [2.45, 2.75) is 33.2 Å². The minimum Gasteiger partial charge on any atom is -0.306 e. The van der Waals surface area contributed by atoms with Gasteiger partial charge in [0.05, 0.1) is 6.04 Å². The molecule has 0 aliphatic rings. The number of hydrogen-bond donors (Lipinski definition) is 1. The Hall–Kier alpha value is -1.19. The molecule has 2 aromatic carbocycles. The van der Waals surface area contributed by atoms with Crippen LogP contribution in [0.5, 0.6) is 0 Å². The largest absolute Gasteiger partial charge is 0.306 e. The van der Waals surface area contributed by atoms with Crippen LogP contribution in [0.3, 0.4) is 0 Å². The van der Waals surface area contributed by atoms with E-state index in [9.17, 15) is 4.39 Å². The van der Waals surface area contributed by atoms with Crippen molar-refractivity contribution in [1.29, 1.82) is 0 Å². The lowest BCUT2D eigenvalue weighted by molar-refractivity contribution is 0.588. The topological polar surface area (TPSA) is 12.0 Å². The SMILES string of the molecule is CCCNC(c1ccc(F)cc1C)c1cc(C)ccc1Br. The van der Waals surface area contributed by atoms with Crippen molar-refractivity contribution < 1.29 is 4.39 Å². The molecule has 0 saturated heterocycles. The lowest BCUT2D eigenvalue weighted by Crippen LogP contribution is -2.24. The lowest BCUT2D eigenvalue weighted by atomic mass is 9.94. The fourth-order valence-corrected chi connectivity index (χ4v) is 3.00. The summed E-state index contributed by atoms with van der Waals surface area (Å²) < 4.78 is 14.5.